The van der Waals surface area contributed by atoms with Crippen molar-refractivity contribution in [3.63, 3.8) is 0 Å². The molecule has 0 amide bonds. The van der Waals surface area contributed by atoms with Crippen LogP contribution in [0.25, 0.3) is 0 Å². The van der Waals surface area contributed by atoms with Gasteiger partial charge in [-0.05, 0) is 25.7 Å². The van der Waals surface area contributed by atoms with Gasteiger partial charge in [-0.3, -0.25) is 0 Å². The lowest BCUT2D eigenvalue weighted by Crippen LogP contribution is -2.34. The lowest BCUT2D eigenvalue weighted by molar-refractivity contribution is 0.00397. The summed E-state index contributed by atoms with van der Waals surface area (Å²) < 4.78 is 56.7. The van der Waals surface area contributed by atoms with Gasteiger partial charge in [0.05, 0.1) is 20.3 Å². The normalized spacial score (nSPS) is 21.9. The Morgan fingerprint density at radius 2 is 1.96 bits per heavy atom. The summed E-state index contributed by atoms with van der Waals surface area (Å²) in [5.41, 5.74) is 0. The molecule has 23 heavy (non-hydrogen) atoms. The molecule has 1 fully saturated rings. The van der Waals surface area contributed by atoms with E-state index in [0.717, 1.165) is 25.0 Å². The van der Waals surface area contributed by atoms with Crippen LogP contribution in [0, 0.1) is 11.7 Å². The van der Waals surface area contributed by atoms with Gasteiger partial charge in [0.25, 0.3) is 0 Å². The van der Waals surface area contributed by atoms with E-state index in [2.05, 4.69) is 4.72 Å². The lowest BCUT2D eigenvalue weighted by Gasteiger charge is -2.27. The molecular weight excluding hydrogens is 325 g/mol. The first kappa shape index (κ1) is 18.0. The molecule has 2 rings (SSSR count). The van der Waals surface area contributed by atoms with Gasteiger partial charge >= 0.3 is 0 Å². The third-order valence-electron chi connectivity index (χ3n) is 3.88. The number of hydrogen-bond acceptors (Lipinski definition) is 5. The van der Waals surface area contributed by atoms with Crippen molar-refractivity contribution < 1.29 is 27.0 Å². The van der Waals surface area contributed by atoms with E-state index >= 15 is 0 Å². The maximum absolute atomic E-state index is 14.1. The molecule has 1 aliphatic rings. The number of methoxy groups -OCH3 is 2. The zero-order valence-electron chi connectivity index (χ0n) is 13.5. The lowest BCUT2D eigenvalue weighted by atomic mass is 9.97. The second-order valence-electron chi connectivity index (χ2n) is 5.56. The zero-order chi connectivity index (χ0) is 17.0. The highest BCUT2D eigenvalue weighted by atomic mass is 32.2. The van der Waals surface area contributed by atoms with Crippen molar-refractivity contribution in [2.75, 3.05) is 27.4 Å². The predicted molar refractivity (Wildman–Crippen MR) is 82.8 cm³/mol. The SMILES string of the molecule is COc1cc(F)c(S(=O)(=O)NC[C@H]2CCO[C@@H](C)C2)cc1OC. The van der Waals surface area contributed by atoms with Gasteiger partial charge in [0.15, 0.2) is 11.5 Å². The Morgan fingerprint density at radius 3 is 2.57 bits per heavy atom. The van der Waals surface area contributed by atoms with Crippen LogP contribution in [0.1, 0.15) is 19.8 Å². The van der Waals surface area contributed by atoms with Crippen molar-refractivity contribution in [3.05, 3.63) is 17.9 Å². The van der Waals surface area contributed by atoms with Gasteiger partial charge in [-0.15, -0.1) is 0 Å². The van der Waals surface area contributed by atoms with E-state index < -0.39 is 20.7 Å². The Balaban J connectivity index is 2.15. The molecule has 0 aliphatic carbocycles. The second-order valence-corrected chi connectivity index (χ2v) is 7.30. The molecule has 1 aromatic carbocycles. The Labute approximate surface area is 136 Å². The number of nitrogens with one attached hydrogen (secondary N) is 1. The summed E-state index contributed by atoms with van der Waals surface area (Å²) in [5, 5.41) is 0. The highest BCUT2D eigenvalue weighted by Gasteiger charge is 2.25. The standard InChI is InChI=1S/C15H22FNO5S/c1-10-6-11(4-5-22-10)9-17-23(18,19)15-8-14(21-3)13(20-2)7-12(15)16/h7-8,10-11,17H,4-6,9H2,1-3H3/t10-,11-/m0/s1. The first-order valence-corrected chi connectivity index (χ1v) is 8.88. The number of benzene rings is 1. The van der Waals surface area contributed by atoms with E-state index in [1.807, 2.05) is 6.92 Å². The predicted octanol–water partition coefficient (Wildman–Crippen LogP) is 1.94. The molecule has 0 radical (unpaired) electrons. The average molecular weight is 347 g/mol. The molecule has 1 saturated heterocycles. The van der Waals surface area contributed by atoms with E-state index in [0.29, 0.717) is 6.61 Å². The molecule has 1 heterocycles. The van der Waals surface area contributed by atoms with Crippen molar-refractivity contribution in [1.29, 1.82) is 0 Å². The van der Waals surface area contributed by atoms with Crippen LogP contribution in [0.15, 0.2) is 17.0 Å². The van der Waals surface area contributed by atoms with Crippen LogP contribution in [0.2, 0.25) is 0 Å². The van der Waals surface area contributed by atoms with Gasteiger partial charge in [0.1, 0.15) is 10.7 Å². The molecule has 6 nitrogen and oxygen atoms in total. The molecule has 0 saturated carbocycles. The summed E-state index contributed by atoms with van der Waals surface area (Å²) in [7, 11) is -1.25. The maximum Gasteiger partial charge on any atom is 0.243 e. The minimum atomic E-state index is -3.97. The summed E-state index contributed by atoms with van der Waals surface area (Å²) in [4.78, 5) is -0.449. The third-order valence-corrected chi connectivity index (χ3v) is 5.32. The van der Waals surface area contributed by atoms with E-state index in [-0.39, 0.29) is 30.1 Å². The van der Waals surface area contributed by atoms with Gasteiger partial charge in [-0.1, -0.05) is 0 Å². The molecule has 1 N–H and O–H groups in total. The summed E-state index contributed by atoms with van der Waals surface area (Å²) in [5.74, 6) is -0.400. The van der Waals surface area contributed by atoms with E-state index in [1.165, 1.54) is 14.2 Å². The Kier molecular flexibility index (Phi) is 5.83. The van der Waals surface area contributed by atoms with Crippen LogP contribution in [0.5, 0.6) is 11.5 Å². The number of hydrogen-bond donors (Lipinski definition) is 1. The van der Waals surface area contributed by atoms with Crippen LogP contribution in [0.4, 0.5) is 4.39 Å². The maximum atomic E-state index is 14.1. The molecule has 2 atom stereocenters. The number of sulfonamides is 1. The van der Waals surface area contributed by atoms with Gasteiger partial charge in [0.2, 0.25) is 10.0 Å². The van der Waals surface area contributed by atoms with Crippen molar-refractivity contribution in [2.24, 2.45) is 5.92 Å². The van der Waals surface area contributed by atoms with Crippen molar-refractivity contribution in [3.8, 4) is 11.5 Å². The van der Waals surface area contributed by atoms with Crippen LogP contribution in [-0.2, 0) is 14.8 Å². The van der Waals surface area contributed by atoms with Gasteiger partial charge < -0.3 is 14.2 Å². The third kappa shape index (κ3) is 4.33. The largest absolute Gasteiger partial charge is 0.493 e. The smallest absolute Gasteiger partial charge is 0.243 e. The molecular formula is C15H22FNO5S. The molecule has 0 unspecified atom stereocenters. The first-order valence-electron chi connectivity index (χ1n) is 7.40. The number of rotatable bonds is 6. The quantitative estimate of drug-likeness (QED) is 0.851. The topological polar surface area (TPSA) is 73.9 Å². The van der Waals surface area contributed by atoms with Crippen molar-refractivity contribution in [1.82, 2.24) is 4.72 Å². The van der Waals surface area contributed by atoms with Gasteiger partial charge in [-0.2, -0.15) is 0 Å². The molecule has 0 aromatic heterocycles. The molecule has 1 aliphatic heterocycles. The summed E-state index contributed by atoms with van der Waals surface area (Å²) in [6, 6.07) is 2.13. The van der Waals surface area contributed by atoms with Crippen molar-refractivity contribution >= 4 is 10.0 Å². The monoisotopic (exact) mass is 347 g/mol. The Hall–Kier alpha value is -1.38. The van der Waals surface area contributed by atoms with E-state index in [9.17, 15) is 12.8 Å². The van der Waals surface area contributed by atoms with Crippen LogP contribution in [0.3, 0.4) is 0 Å². The molecule has 1 aromatic rings. The fraction of sp³-hybridized carbons (Fsp3) is 0.600. The van der Waals surface area contributed by atoms with Gasteiger partial charge in [0, 0.05) is 25.3 Å². The van der Waals surface area contributed by atoms with Crippen LogP contribution < -0.4 is 14.2 Å². The highest BCUT2D eigenvalue weighted by Crippen LogP contribution is 2.32. The first-order chi connectivity index (χ1) is 10.9. The summed E-state index contributed by atoms with van der Waals surface area (Å²) in [6.07, 6.45) is 1.66. The summed E-state index contributed by atoms with van der Waals surface area (Å²) >= 11 is 0. The van der Waals surface area contributed by atoms with Crippen molar-refractivity contribution in [2.45, 2.75) is 30.8 Å². The van der Waals surface area contributed by atoms with Gasteiger partial charge in [-0.25, -0.2) is 17.5 Å². The number of halogens is 1. The van der Waals surface area contributed by atoms with Crippen LogP contribution >= 0.6 is 0 Å². The second kappa shape index (κ2) is 7.46. The molecule has 0 bridgehead atoms. The summed E-state index contributed by atoms with van der Waals surface area (Å²) in [6.45, 7) is 2.82. The van der Waals surface area contributed by atoms with E-state index in [1.54, 1.807) is 0 Å². The fourth-order valence-electron chi connectivity index (χ4n) is 2.62. The zero-order valence-corrected chi connectivity index (χ0v) is 14.3. The minimum Gasteiger partial charge on any atom is -0.493 e. The van der Waals surface area contributed by atoms with E-state index in [4.69, 9.17) is 14.2 Å². The molecule has 8 heteroatoms. The molecule has 130 valence electrons. The Morgan fingerprint density at radius 1 is 1.30 bits per heavy atom. The molecule has 0 spiro atoms. The average Bonchev–Trinajstić information content (AvgIpc) is 2.52. The number of ether oxygens (including phenoxy) is 3. The highest BCUT2D eigenvalue weighted by molar-refractivity contribution is 7.89. The minimum absolute atomic E-state index is 0.107. The fourth-order valence-corrected chi connectivity index (χ4v) is 3.81. The Bertz CT molecular complexity index is 650. The van der Waals surface area contributed by atoms with Crippen LogP contribution in [-0.4, -0.2) is 41.9 Å².